The lowest BCUT2D eigenvalue weighted by atomic mass is 9.86. The molecular formula is C26H26ClN3O2S. The molecule has 1 saturated heterocycles. The fraction of sp³-hybridized carbons (Fsp3) is 0.269. The van der Waals surface area contributed by atoms with Crippen LogP contribution in [0.1, 0.15) is 44.4 Å². The van der Waals surface area contributed by atoms with Crippen molar-refractivity contribution in [3.8, 4) is 0 Å². The predicted molar refractivity (Wildman–Crippen MR) is 140 cm³/mol. The molecular weight excluding hydrogens is 454 g/mol. The van der Waals surface area contributed by atoms with Gasteiger partial charge in [-0.2, -0.15) is 0 Å². The molecule has 1 fully saturated rings. The summed E-state index contributed by atoms with van der Waals surface area (Å²) in [4.78, 5) is 29.8. The van der Waals surface area contributed by atoms with Crippen LogP contribution in [0.4, 0.5) is 11.4 Å². The highest BCUT2D eigenvalue weighted by Gasteiger charge is 2.35. The maximum absolute atomic E-state index is 13.3. The zero-order valence-electron chi connectivity index (χ0n) is 19.3. The lowest BCUT2D eigenvalue weighted by Gasteiger charge is -2.43. The molecule has 7 heteroatoms. The van der Waals surface area contributed by atoms with Crippen molar-refractivity contribution in [1.82, 2.24) is 5.32 Å². The minimum absolute atomic E-state index is 0.0340. The number of carbonyl (C=O) groups excluding carboxylic acids is 2. The van der Waals surface area contributed by atoms with Crippen LogP contribution in [0.5, 0.6) is 0 Å². The number of carbonyl (C=O) groups is 2. The third-order valence-electron chi connectivity index (χ3n) is 6.17. The van der Waals surface area contributed by atoms with Crippen molar-refractivity contribution in [2.24, 2.45) is 0 Å². The van der Waals surface area contributed by atoms with E-state index >= 15 is 0 Å². The summed E-state index contributed by atoms with van der Waals surface area (Å²) in [5.41, 5.74) is 5.72. The number of fused-ring (bicyclic) bond motifs is 1. The summed E-state index contributed by atoms with van der Waals surface area (Å²) >= 11 is 11.3. The van der Waals surface area contributed by atoms with Crippen LogP contribution >= 0.6 is 23.8 Å². The maximum Gasteiger partial charge on any atom is 0.270 e. The van der Waals surface area contributed by atoms with Gasteiger partial charge in [0.1, 0.15) is 5.57 Å². The van der Waals surface area contributed by atoms with Crippen molar-refractivity contribution in [1.29, 1.82) is 0 Å². The van der Waals surface area contributed by atoms with Crippen LogP contribution in [-0.4, -0.2) is 29.0 Å². The van der Waals surface area contributed by atoms with Gasteiger partial charge >= 0.3 is 0 Å². The van der Waals surface area contributed by atoms with Crippen molar-refractivity contribution in [2.75, 3.05) is 16.3 Å². The third-order valence-corrected chi connectivity index (χ3v) is 6.70. The van der Waals surface area contributed by atoms with Crippen molar-refractivity contribution in [3.05, 3.63) is 69.8 Å². The number of hydrogen-bond acceptors (Lipinski definition) is 4. The zero-order valence-corrected chi connectivity index (χ0v) is 20.9. The van der Waals surface area contributed by atoms with E-state index in [1.165, 1.54) is 10.5 Å². The molecule has 0 bridgehead atoms. The Balaban J connectivity index is 1.79. The van der Waals surface area contributed by atoms with Gasteiger partial charge in [0.05, 0.1) is 11.2 Å². The molecule has 0 aliphatic carbocycles. The SMILES string of the molecule is CCN1c2cc(C)c(/C=C3/C(=O)NC(=S)N(c4ccc(Cl)cc4)C3=O)cc2C(C)=CC1(C)C. The molecule has 2 aromatic rings. The second-order valence-electron chi connectivity index (χ2n) is 8.89. The van der Waals surface area contributed by atoms with Gasteiger partial charge in [0.15, 0.2) is 5.11 Å². The zero-order chi connectivity index (χ0) is 24.1. The van der Waals surface area contributed by atoms with Crippen LogP contribution in [-0.2, 0) is 9.59 Å². The first-order valence-corrected chi connectivity index (χ1v) is 11.6. The topological polar surface area (TPSA) is 52.7 Å². The monoisotopic (exact) mass is 479 g/mol. The van der Waals surface area contributed by atoms with Gasteiger partial charge in [0.2, 0.25) is 0 Å². The van der Waals surface area contributed by atoms with Crippen LogP contribution in [0, 0.1) is 6.92 Å². The molecule has 5 nitrogen and oxygen atoms in total. The largest absolute Gasteiger partial charge is 0.363 e. The highest BCUT2D eigenvalue weighted by atomic mass is 35.5. The number of likely N-dealkylation sites (N-methyl/N-ethyl adjacent to an activating group) is 1. The molecule has 0 spiro atoms. The van der Waals surface area contributed by atoms with E-state index in [1.807, 2.05) is 6.92 Å². The molecule has 0 saturated carbocycles. The van der Waals surface area contributed by atoms with Gasteiger partial charge in [-0.15, -0.1) is 0 Å². The molecule has 2 aliphatic heterocycles. The Morgan fingerprint density at radius 3 is 2.42 bits per heavy atom. The molecule has 170 valence electrons. The first-order valence-electron chi connectivity index (χ1n) is 10.8. The van der Waals surface area contributed by atoms with Gasteiger partial charge in [0, 0.05) is 22.8 Å². The Morgan fingerprint density at radius 2 is 1.79 bits per heavy atom. The standard InChI is InChI=1S/C26H26ClN3O2S/c1-6-29-22-11-15(2)17(12-20(22)16(3)14-26(29,4)5)13-21-23(31)28-25(33)30(24(21)32)19-9-7-18(27)8-10-19/h7-14H,6H2,1-5H3,(H,28,31,33)/b21-13-. The van der Waals surface area contributed by atoms with Crippen LogP contribution in [0.3, 0.4) is 0 Å². The summed E-state index contributed by atoms with van der Waals surface area (Å²) in [6.07, 6.45) is 3.91. The number of nitrogens with one attached hydrogen (secondary N) is 1. The van der Waals surface area contributed by atoms with Crippen LogP contribution in [0.25, 0.3) is 11.6 Å². The molecule has 0 radical (unpaired) electrons. The smallest absolute Gasteiger partial charge is 0.270 e. The first-order chi connectivity index (χ1) is 15.5. The van der Waals surface area contributed by atoms with Crippen molar-refractivity contribution in [3.63, 3.8) is 0 Å². The first kappa shape index (κ1) is 23.2. The molecule has 4 rings (SSSR count). The van der Waals surface area contributed by atoms with Crippen LogP contribution in [0.2, 0.25) is 5.02 Å². The number of rotatable bonds is 3. The van der Waals surface area contributed by atoms with Crippen LogP contribution in [0.15, 0.2) is 48.0 Å². The summed E-state index contributed by atoms with van der Waals surface area (Å²) in [5, 5.41) is 3.23. The van der Waals surface area contributed by atoms with Gasteiger partial charge in [-0.05, 0) is 106 Å². The quantitative estimate of drug-likeness (QED) is 0.358. The Bertz CT molecular complexity index is 1240. The summed E-state index contributed by atoms with van der Waals surface area (Å²) < 4.78 is 0. The lowest BCUT2D eigenvalue weighted by molar-refractivity contribution is -0.122. The molecule has 0 unspecified atom stereocenters. The molecule has 33 heavy (non-hydrogen) atoms. The molecule has 2 amide bonds. The van der Waals surface area contributed by atoms with Crippen LogP contribution < -0.4 is 15.1 Å². The summed E-state index contributed by atoms with van der Waals surface area (Å²) in [7, 11) is 0. The number of allylic oxidation sites excluding steroid dienone is 1. The minimum atomic E-state index is -0.504. The predicted octanol–water partition coefficient (Wildman–Crippen LogP) is 5.50. The molecule has 2 aromatic carbocycles. The molecule has 2 aliphatic rings. The number of thiocarbonyl (C=S) groups is 1. The maximum atomic E-state index is 13.3. The Kier molecular flexibility index (Phi) is 5.93. The second kappa shape index (κ2) is 8.43. The van der Waals surface area contributed by atoms with E-state index in [1.54, 1.807) is 30.3 Å². The Morgan fingerprint density at radius 1 is 1.12 bits per heavy atom. The molecule has 2 heterocycles. The van der Waals surface area contributed by atoms with Crippen molar-refractivity contribution in [2.45, 2.75) is 40.2 Å². The normalized spacial score (nSPS) is 18.9. The highest BCUT2D eigenvalue weighted by Crippen LogP contribution is 2.40. The van der Waals surface area contributed by atoms with Gasteiger partial charge in [-0.1, -0.05) is 17.7 Å². The van der Waals surface area contributed by atoms with Gasteiger partial charge < -0.3 is 4.90 Å². The number of amides is 2. The van der Waals surface area contributed by atoms with E-state index in [0.29, 0.717) is 10.7 Å². The van der Waals surface area contributed by atoms with Crippen molar-refractivity contribution >= 4 is 63.8 Å². The number of benzene rings is 2. The second-order valence-corrected chi connectivity index (χ2v) is 9.71. The average Bonchev–Trinajstić information content (AvgIpc) is 2.72. The van der Waals surface area contributed by atoms with Crippen molar-refractivity contribution < 1.29 is 9.59 Å². The fourth-order valence-electron chi connectivity index (χ4n) is 4.62. The summed E-state index contributed by atoms with van der Waals surface area (Å²) in [6.45, 7) is 11.5. The highest BCUT2D eigenvalue weighted by molar-refractivity contribution is 7.80. The molecule has 0 aromatic heterocycles. The third kappa shape index (κ3) is 4.09. The van der Waals surface area contributed by atoms with E-state index in [4.69, 9.17) is 23.8 Å². The van der Waals surface area contributed by atoms with E-state index < -0.39 is 11.8 Å². The number of nitrogens with zero attached hydrogens (tertiary/aromatic N) is 2. The van der Waals surface area contributed by atoms with E-state index in [-0.39, 0.29) is 16.2 Å². The van der Waals surface area contributed by atoms with Gasteiger partial charge in [-0.25, -0.2) is 0 Å². The minimum Gasteiger partial charge on any atom is -0.363 e. The number of hydrogen-bond donors (Lipinski definition) is 1. The number of aryl methyl sites for hydroxylation is 1. The fourth-order valence-corrected chi connectivity index (χ4v) is 5.02. The Labute approximate surface area is 204 Å². The molecule has 0 atom stereocenters. The van der Waals surface area contributed by atoms with E-state index in [2.05, 4.69) is 56.1 Å². The van der Waals surface area contributed by atoms with Gasteiger partial charge in [-0.3, -0.25) is 19.8 Å². The van der Waals surface area contributed by atoms with E-state index in [0.717, 1.165) is 28.9 Å². The number of halogens is 1. The summed E-state index contributed by atoms with van der Waals surface area (Å²) in [5.74, 6) is -0.970. The van der Waals surface area contributed by atoms with Gasteiger partial charge in [0.25, 0.3) is 11.8 Å². The molecule has 1 N–H and O–H groups in total. The Hall–Kier alpha value is -2.96. The van der Waals surface area contributed by atoms with E-state index in [9.17, 15) is 9.59 Å². The average molecular weight is 480 g/mol. The lowest BCUT2D eigenvalue weighted by Crippen LogP contribution is -2.54. The summed E-state index contributed by atoms with van der Waals surface area (Å²) in [6, 6.07) is 10.9. The number of anilines is 2.